The molecule has 142 valence electrons. The summed E-state index contributed by atoms with van der Waals surface area (Å²) in [6.45, 7) is 1.30. The summed E-state index contributed by atoms with van der Waals surface area (Å²) in [5.74, 6) is 0.553. The highest BCUT2D eigenvalue weighted by Gasteiger charge is 2.21. The van der Waals surface area contributed by atoms with Crippen molar-refractivity contribution in [2.75, 3.05) is 16.8 Å². The first-order valence-electron chi connectivity index (χ1n) is 9.08. The summed E-state index contributed by atoms with van der Waals surface area (Å²) in [4.78, 5) is 26.2. The van der Waals surface area contributed by atoms with E-state index in [1.54, 1.807) is 34.0 Å². The van der Waals surface area contributed by atoms with E-state index in [0.29, 0.717) is 24.3 Å². The number of carbonyl (C=O) groups is 2. The lowest BCUT2D eigenvalue weighted by Gasteiger charge is -2.16. The second kappa shape index (κ2) is 7.98. The second-order valence-electron chi connectivity index (χ2n) is 6.65. The number of amides is 2. The Bertz CT molecular complexity index is 996. The zero-order valence-electron chi connectivity index (χ0n) is 15.1. The molecule has 3 aromatic rings. The minimum absolute atomic E-state index is 0.133. The summed E-state index contributed by atoms with van der Waals surface area (Å²) < 4.78 is 2.77. The third kappa shape index (κ3) is 3.99. The van der Waals surface area contributed by atoms with Crippen LogP contribution in [0, 0.1) is 0 Å². The predicted octanol–water partition coefficient (Wildman–Crippen LogP) is 4.07. The van der Waals surface area contributed by atoms with Crippen molar-refractivity contribution in [1.29, 1.82) is 0 Å². The topological polar surface area (TPSA) is 67.2 Å². The van der Waals surface area contributed by atoms with Crippen molar-refractivity contribution in [3.8, 4) is 0 Å². The van der Waals surface area contributed by atoms with Crippen molar-refractivity contribution in [2.24, 2.45) is 0 Å². The molecule has 1 N–H and O–H groups in total. The van der Waals surface area contributed by atoms with Gasteiger partial charge in [-0.1, -0.05) is 28.1 Å². The maximum Gasteiger partial charge on any atom is 0.256 e. The van der Waals surface area contributed by atoms with Gasteiger partial charge in [-0.05, 0) is 48.4 Å². The fraction of sp³-hybridized carbons (Fsp3) is 0.190. The van der Waals surface area contributed by atoms with Crippen LogP contribution < -0.4 is 10.2 Å². The molecular weight excluding hydrogens is 420 g/mol. The molecule has 7 heteroatoms. The molecule has 2 amide bonds. The lowest BCUT2D eigenvalue weighted by molar-refractivity contribution is -0.117. The standard InChI is InChI=1S/C21H19BrN4O2/c22-17-7-3-15(4-8-17)14-26-19(11-12-23-26)24-21(28)16-5-9-18(10-6-16)25-13-1-2-20(25)27/h3-12H,1-2,13-14H2,(H,24,28). The van der Waals surface area contributed by atoms with Gasteiger partial charge >= 0.3 is 0 Å². The molecule has 0 spiro atoms. The molecule has 28 heavy (non-hydrogen) atoms. The van der Waals surface area contributed by atoms with Crippen LogP contribution in [0.2, 0.25) is 0 Å². The highest BCUT2D eigenvalue weighted by atomic mass is 79.9. The number of hydrogen-bond donors (Lipinski definition) is 1. The van der Waals surface area contributed by atoms with Crippen molar-refractivity contribution in [3.05, 3.63) is 76.4 Å². The molecule has 0 aliphatic carbocycles. The number of rotatable bonds is 5. The quantitative estimate of drug-likeness (QED) is 0.652. The van der Waals surface area contributed by atoms with E-state index in [0.717, 1.165) is 28.7 Å². The van der Waals surface area contributed by atoms with Gasteiger partial charge in [0.05, 0.1) is 12.7 Å². The first-order valence-corrected chi connectivity index (χ1v) is 9.87. The Morgan fingerprint density at radius 3 is 2.50 bits per heavy atom. The minimum Gasteiger partial charge on any atom is -0.312 e. The van der Waals surface area contributed by atoms with Crippen molar-refractivity contribution in [2.45, 2.75) is 19.4 Å². The maximum atomic E-state index is 12.6. The molecule has 0 bridgehead atoms. The van der Waals surface area contributed by atoms with Crippen LogP contribution in [0.3, 0.4) is 0 Å². The Kier molecular flexibility index (Phi) is 5.25. The third-order valence-electron chi connectivity index (χ3n) is 4.72. The zero-order valence-corrected chi connectivity index (χ0v) is 16.7. The fourth-order valence-corrected chi connectivity index (χ4v) is 3.49. The Morgan fingerprint density at radius 2 is 1.82 bits per heavy atom. The van der Waals surface area contributed by atoms with Crippen LogP contribution >= 0.6 is 15.9 Å². The van der Waals surface area contributed by atoms with E-state index in [1.807, 2.05) is 36.4 Å². The van der Waals surface area contributed by atoms with Gasteiger partial charge in [-0.3, -0.25) is 9.59 Å². The number of nitrogens with one attached hydrogen (secondary N) is 1. The fourth-order valence-electron chi connectivity index (χ4n) is 3.23. The van der Waals surface area contributed by atoms with Crippen LogP contribution in [-0.2, 0) is 11.3 Å². The van der Waals surface area contributed by atoms with Crippen molar-refractivity contribution in [3.63, 3.8) is 0 Å². The van der Waals surface area contributed by atoms with Gasteiger partial charge in [0.2, 0.25) is 5.91 Å². The molecule has 2 aromatic carbocycles. The molecule has 6 nitrogen and oxygen atoms in total. The normalized spacial score (nSPS) is 13.8. The number of anilines is 2. The van der Waals surface area contributed by atoms with Crippen LogP contribution in [0.25, 0.3) is 0 Å². The molecule has 0 radical (unpaired) electrons. The first kappa shape index (κ1) is 18.4. The maximum absolute atomic E-state index is 12.6. The van der Waals surface area contributed by atoms with E-state index in [-0.39, 0.29) is 11.8 Å². The Morgan fingerprint density at radius 1 is 1.07 bits per heavy atom. The summed E-state index contributed by atoms with van der Waals surface area (Å²) in [6, 6.07) is 16.9. The molecule has 1 aromatic heterocycles. The van der Waals surface area contributed by atoms with Crippen LogP contribution in [0.4, 0.5) is 11.5 Å². The molecule has 0 saturated carbocycles. The van der Waals surface area contributed by atoms with Gasteiger partial charge < -0.3 is 10.2 Å². The first-order chi connectivity index (χ1) is 13.6. The summed E-state index contributed by atoms with van der Waals surface area (Å²) in [7, 11) is 0. The summed E-state index contributed by atoms with van der Waals surface area (Å²) in [6.07, 6.45) is 3.13. The van der Waals surface area contributed by atoms with Crippen LogP contribution in [-0.4, -0.2) is 28.1 Å². The van der Waals surface area contributed by atoms with E-state index in [4.69, 9.17) is 0 Å². The van der Waals surface area contributed by atoms with E-state index in [1.165, 1.54) is 0 Å². The Hall–Kier alpha value is -2.93. The lowest BCUT2D eigenvalue weighted by atomic mass is 10.2. The van der Waals surface area contributed by atoms with E-state index in [2.05, 4.69) is 26.3 Å². The zero-order chi connectivity index (χ0) is 19.5. The van der Waals surface area contributed by atoms with E-state index in [9.17, 15) is 9.59 Å². The van der Waals surface area contributed by atoms with Gasteiger partial charge in [0.1, 0.15) is 5.82 Å². The largest absolute Gasteiger partial charge is 0.312 e. The van der Waals surface area contributed by atoms with Gasteiger partial charge in [0, 0.05) is 34.8 Å². The number of hydrogen-bond acceptors (Lipinski definition) is 3. The molecular formula is C21H19BrN4O2. The number of carbonyl (C=O) groups excluding carboxylic acids is 2. The Labute approximate surface area is 171 Å². The average Bonchev–Trinajstić information content (AvgIpc) is 3.32. The highest BCUT2D eigenvalue weighted by molar-refractivity contribution is 9.10. The number of halogens is 1. The van der Waals surface area contributed by atoms with Gasteiger partial charge in [0.15, 0.2) is 0 Å². The second-order valence-corrected chi connectivity index (χ2v) is 7.57. The summed E-state index contributed by atoms with van der Waals surface area (Å²) in [5, 5.41) is 7.21. The number of aromatic nitrogens is 2. The Balaban J connectivity index is 1.45. The number of benzene rings is 2. The summed E-state index contributed by atoms with van der Waals surface area (Å²) >= 11 is 3.43. The van der Waals surface area contributed by atoms with Crippen LogP contribution in [0.1, 0.15) is 28.8 Å². The minimum atomic E-state index is -0.211. The van der Waals surface area contributed by atoms with Crippen molar-refractivity contribution in [1.82, 2.24) is 9.78 Å². The van der Waals surface area contributed by atoms with E-state index < -0.39 is 0 Å². The SMILES string of the molecule is O=C(Nc1ccnn1Cc1ccc(Br)cc1)c1ccc(N2CCCC2=O)cc1. The van der Waals surface area contributed by atoms with E-state index >= 15 is 0 Å². The molecule has 1 aliphatic heterocycles. The van der Waals surface area contributed by atoms with Gasteiger partial charge in [-0.2, -0.15) is 5.10 Å². The van der Waals surface area contributed by atoms with Gasteiger partial charge in [-0.15, -0.1) is 0 Å². The molecule has 4 rings (SSSR count). The monoisotopic (exact) mass is 438 g/mol. The molecule has 0 atom stereocenters. The molecule has 1 aliphatic rings. The molecule has 2 heterocycles. The molecule has 1 fully saturated rings. The van der Waals surface area contributed by atoms with Crippen LogP contribution in [0.15, 0.2) is 65.3 Å². The van der Waals surface area contributed by atoms with Gasteiger partial charge in [-0.25, -0.2) is 4.68 Å². The lowest BCUT2D eigenvalue weighted by Crippen LogP contribution is -2.23. The highest BCUT2D eigenvalue weighted by Crippen LogP contribution is 2.22. The predicted molar refractivity (Wildman–Crippen MR) is 111 cm³/mol. The summed E-state index contributed by atoms with van der Waals surface area (Å²) in [5.41, 5.74) is 2.45. The molecule has 0 unspecified atom stereocenters. The average molecular weight is 439 g/mol. The number of nitrogens with zero attached hydrogens (tertiary/aromatic N) is 3. The smallest absolute Gasteiger partial charge is 0.256 e. The third-order valence-corrected chi connectivity index (χ3v) is 5.25. The van der Waals surface area contributed by atoms with Gasteiger partial charge in [0.25, 0.3) is 5.91 Å². The van der Waals surface area contributed by atoms with Crippen LogP contribution in [0.5, 0.6) is 0 Å². The van der Waals surface area contributed by atoms with Crippen molar-refractivity contribution < 1.29 is 9.59 Å². The van der Waals surface area contributed by atoms with Crippen molar-refractivity contribution >= 4 is 39.2 Å². The molecule has 1 saturated heterocycles.